The van der Waals surface area contributed by atoms with E-state index in [9.17, 15) is 4.79 Å². The first-order chi connectivity index (χ1) is 11.1. The number of carbonyl (C=O) groups excluding carboxylic acids is 1. The van der Waals surface area contributed by atoms with Crippen LogP contribution in [0, 0.1) is 6.92 Å². The van der Waals surface area contributed by atoms with Gasteiger partial charge in [-0.3, -0.25) is 9.78 Å². The third-order valence-electron chi connectivity index (χ3n) is 4.45. The van der Waals surface area contributed by atoms with Crippen LogP contribution in [0.3, 0.4) is 0 Å². The second-order valence-electron chi connectivity index (χ2n) is 6.25. The summed E-state index contributed by atoms with van der Waals surface area (Å²) >= 11 is 0. The van der Waals surface area contributed by atoms with E-state index >= 15 is 0 Å². The topological polar surface area (TPSA) is 36.4 Å². The maximum atomic E-state index is 12.6. The van der Waals surface area contributed by atoms with E-state index in [1.54, 1.807) is 12.4 Å². The molecule has 2 aromatic rings. The predicted molar refractivity (Wildman–Crippen MR) is 92.5 cm³/mol. The fourth-order valence-corrected chi connectivity index (χ4v) is 3.10. The summed E-state index contributed by atoms with van der Waals surface area (Å²) in [6.45, 7) is 6.77. The van der Waals surface area contributed by atoms with E-state index in [0.717, 1.165) is 25.2 Å². The molecule has 1 atom stereocenters. The second kappa shape index (κ2) is 6.82. The van der Waals surface area contributed by atoms with Crippen LogP contribution in [0.25, 0.3) is 0 Å². The Labute approximate surface area is 137 Å². The molecular formula is C19H23N3O. The molecule has 1 aliphatic heterocycles. The first-order valence-corrected chi connectivity index (χ1v) is 8.13. The Morgan fingerprint density at radius 1 is 1.13 bits per heavy atom. The fourth-order valence-electron chi connectivity index (χ4n) is 3.10. The molecule has 4 heteroatoms. The zero-order valence-electron chi connectivity index (χ0n) is 13.8. The van der Waals surface area contributed by atoms with Crippen LogP contribution in [0.4, 0.5) is 5.69 Å². The summed E-state index contributed by atoms with van der Waals surface area (Å²) in [6.07, 6.45) is 3.93. The van der Waals surface area contributed by atoms with Gasteiger partial charge in [0.15, 0.2) is 0 Å². The molecule has 1 saturated heterocycles. The largest absolute Gasteiger partial charge is 0.368 e. The molecule has 0 radical (unpaired) electrons. The second-order valence-corrected chi connectivity index (χ2v) is 6.25. The summed E-state index contributed by atoms with van der Waals surface area (Å²) in [5, 5.41) is 0. The molecule has 2 heterocycles. The van der Waals surface area contributed by atoms with Crippen LogP contribution >= 0.6 is 0 Å². The Morgan fingerprint density at radius 2 is 1.83 bits per heavy atom. The van der Waals surface area contributed by atoms with Gasteiger partial charge in [-0.15, -0.1) is 0 Å². The molecule has 4 nitrogen and oxygen atoms in total. The molecule has 0 unspecified atom stereocenters. The van der Waals surface area contributed by atoms with Crippen molar-refractivity contribution in [3.63, 3.8) is 0 Å². The van der Waals surface area contributed by atoms with Crippen molar-refractivity contribution in [2.75, 3.05) is 24.5 Å². The number of rotatable bonds is 3. The van der Waals surface area contributed by atoms with Gasteiger partial charge in [0.1, 0.15) is 0 Å². The molecule has 1 fully saturated rings. The smallest absolute Gasteiger partial charge is 0.227 e. The summed E-state index contributed by atoms with van der Waals surface area (Å²) in [5.74, 6) is 0.201. The maximum Gasteiger partial charge on any atom is 0.227 e. The Bertz CT molecular complexity index is 654. The standard InChI is InChI=1S/C19H23N3O/c1-15-3-5-18(6-4-15)21-11-12-22(16(2)14-21)19(23)13-17-7-9-20-10-8-17/h3-10,16H,11-14H2,1-2H3/t16-/m0/s1. The lowest BCUT2D eigenvalue weighted by Crippen LogP contribution is -2.54. The first-order valence-electron chi connectivity index (χ1n) is 8.13. The highest BCUT2D eigenvalue weighted by Crippen LogP contribution is 2.20. The van der Waals surface area contributed by atoms with Crippen LogP contribution in [0.5, 0.6) is 0 Å². The molecular weight excluding hydrogens is 286 g/mol. The summed E-state index contributed by atoms with van der Waals surface area (Å²) < 4.78 is 0. The average molecular weight is 309 g/mol. The average Bonchev–Trinajstić information content (AvgIpc) is 2.56. The minimum absolute atomic E-state index is 0.201. The number of aromatic nitrogens is 1. The number of hydrogen-bond acceptors (Lipinski definition) is 3. The highest BCUT2D eigenvalue weighted by Gasteiger charge is 2.27. The molecule has 0 saturated carbocycles. The highest BCUT2D eigenvalue weighted by molar-refractivity contribution is 5.79. The molecule has 1 aliphatic rings. The van der Waals surface area contributed by atoms with E-state index in [0.29, 0.717) is 6.42 Å². The zero-order valence-corrected chi connectivity index (χ0v) is 13.8. The number of anilines is 1. The molecule has 0 spiro atoms. The monoisotopic (exact) mass is 309 g/mol. The van der Waals surface area contributed by atoms with Crippen LogP contribution < -0.4 is 4.90 Å². The van der Waals surface area contributed by atoms with Crippen LogP contribution in [-0.4, -0.2) is 41.5 Å². The van der Waals surface area contributed by atoms with Crippen molar-refractivity contribution >= 4 is 11.6 Å². The predicted octanol–water partition coefficient (Wildman–Crippen LogP) is 2.67. The van der Waals surface area contributed by atoms with Crippen LogP contribution in [0.15, 0.2) is 48.8 Å². The lowest BCUT2D eigenvalue weighted by molar-refractivity contribution is -0.132. The SMILES string of the molecule is Cc1ccc(N2CCN(C(=O)Cc3ccncc3)[C@@H](C)C2)cc1. The number of amides is 1. The summed E-state index contributed by atoms with van der Waals surface area (Å²) in [5.41, 5.74) is 3.54. The molecule has 3 rings (SSSR count). The van der Waals surface area contributed by atoms with Crippen LogP contribution in [-0.2, 0) is 11.2 Å². The van der Waals surface area contributed by atoms with Gasteiger partial charge in [-0.2, -0.15) is 0 Å². The number of hydrogen-bond donors (Lipinski definition) is 0. The van der Waals surface area contributed by atoms with Gasteiger partial charge in [-0.1, -0.05) is 17.7 Å². The Hall–Kier alpha value is -2.36. The molecule has 0 bridgehead atoms. The highest BCUT2D eigenvalue weighted by atomic mass is 16.2. The van der Waals surface area contributed by atoms with Gasteiger partial charge in [0.05, 0.1) is 6.42 Å². The molecule has 0 N–H and O–H groups in total. The number of benzene rings is 1. The molecule has 1 aromatic carbocycles. The van der Waals surface area contributed by atoms with Crippen molar-refractivity contribution in [3.05, 3.63) is 59.9 Å². The van der Waals surface area contributed by atoms with Gasteiger partial charge in [0.25, 0.3) is 0 Å². The molecule has 1 aromatic heterocycles. The van der Waals surface area contributed by atoms with E-state index < -0.39 is 0 Å². The first kappa shape index (κ1) is 15.5. The van der Waals surface area contributed by atoms with Gasteiger partial charge in [0.2, 0.25) is 5.91 Å². The van der Waals surface area contributed by atoms with E-state index in [2.05, 4.69) is 48.0 Å². The quantitative estimate of drug-likeness (QED) is 0.874. The molecule has 23 heavy (non-hydrogen) atoms. The van der Waals surface area contributed by atoms with Crippen LogP contribution in [0.1, 0.15) is 18.1 Å². The lowest BCUT2D eigenvalue weighted by atomic mass is 10.1. The van der Waals surface area contributed by atoms with E-state index in [1.165, 1.54) is 11.3 Å². The summed E-state index contributed by atoms with van der Waals surface area (Å²) in [6, 6.07) is 12.6. The van der Waals surface area contributed by atoms with Crippen molar-refractivity contribution in [3.8, 4) is 0 Å². The molecule has 0 aliphatic carbocycles. The number of pyridine rings is 1. The minimum atomic E-state index is 0.201. The van der Waals surface area contributed by atoms with Gasteiger partial charge < -0.3 is 9.80 Å². The van der Waals surface area contributed by atoms with E-state index in [4.69, 9.17) is 0 Å². The van der Waals surface area contributed by atoms with Crippen molar-refractivity contribution in [1.82, 2.24) is 9.88 Å². The third-order valence-corrected chi connectivity index (χ3v) is 4.45. The molecule has 120 valence electrons. The van der Waals surface area contributed by atoms with E-state index in [-0.39, 0.29) is 11.9 Å². The Kier molecular flexibility index (Phi) is 4.60. The normalized spacial score (nSPS) is 18.1. The Balaban J connectivity index is 1.62. The maximum absolute atomic E-state index is 12.6. The zero-order chi connectivity index (χ0) is 16.2. The Morgan fingerprint density at radius 3 is 2.48 bits per heavy atom. The molecule has 1 amide bonds. The van der Waals surface area contributed by atoms with Crippen molar-refractivity contribution < 1.29 is 4.79 Å². The van der Waals surface area contributed by atoms with Crippen molar-refractivity contribution in [1.29, 1.82) is 0 Å². The van der Waals surface area contributed by atoms with Gasteiger partial charge in [0, 0.05) is 43.8 Å². The van der Waals surface area contributed by atoms with E-state index in [1.807, 2.05) is 17.0 Å². The van der Waals surface area contributed by atoms with Gasteiger partial charge >= 0.3 is 0 Å². The number of piperazine rings is 1. The minimum Gasteiger partial charge on any atom is -0.368 e. The van der Waals surface area contributed by atoms with Crippen molar-refractivity contribution in [2.45, 2.75) is 26.3 Å². The third kappa shape index (κ3) is 3.70. The summed E-state index contributed by atoms with van der Waals surface area (Å²) in [4.78, 5) is 20.9. The van der Waals surface area contributed by atoms with Crippen molar-refractivity contribution in [2.24, 2.45) is 0 Å². The van der Waals surface area contributed by atoms with Gasteiger partial charge in [-0.25, -0.2) is 0 Å². The summed E-state index contributed by atoms with van der Waals surface area (Å²) in [7, 11) is 0. The lowest BCUT2D eigenvalue weighted by Gasteiger charge is -2.41. The number of aryl methyl sites for hydroxylation is 1. The fraction of sp³-hybridized carbons (Fsp3) is 0.368. The number of nitrogens with zero attached hydrogens (tertiary/aromatic N) is 3. The number of carbonyl (C=O) groups is 1. The van der Waals surface area contributed by atoms with Gasteiger partial charge in [-0.05, 0) is 43.7 Å². The van der Waals surface area contributed by atoms with Crippen LogP contribution in [0.2, 0.25) is 0 Å².